The van der Waals surface area contributed by atoms with Crippen LogP contribution in [-0.4, -0.2) is 23.0 Å². The third-order valence-electron chi connectivity index (χ3n) is 5.11. The van der Waals surface area contributed by atoms with E-state index in [4.69, 9.17) is 4.42 Å². The summed E-state index contributed by atoms with van der Waals surface area (Å²) in [6.07, 6.45) is 4.07. The molecular formula is C22H29N2O3+. The van der Waals surface area contributed by atoms with Crippen molar-refractivity contribution in [3.63, 3.8) is 0 Å². The minimum atomic E-state index is -0.600. The van der Waals surface area contributed by atoms with Crippen molar-refractivity contribution < 1.29 is 14.5 Å². The van der Waals surface area contributed by atoms with E-state index < -0.39 is 5.63 Å². The predicted octanol–water partition coefficient (Wildman–Crippen LogP) is 2.53. The maximum Gasteiger partial charge on any atom is 0.349 e. The SMILES string of the molecule is C=CCc1cccc2cc(C(=O)NC3CC(C)(C)[NH2+]C(C)(C)C3)c(=O)oc12. The van der Waals surface area contributed by atoms with Crippen molar-refractivity contribution in [1.29, 1.82) is 0 Å². The van der Waals surface area contributed by atoms with Gasteiger partial charge < -0.3 is 15.1 Å². The fourth-order valence-electron chi connectivity index (χ4n) is 4.56. The van der Waals surface area contributed by atoms with Gasteiger partial charge >= 0.3 is 5.63 Å². The van der Waals surface area contributed by atoms with Crippen LogP contribution in [0, 0.1) is 0 Å². The number of carbonyl (C=O) groups is 1. The molecule has 1 aromatic carbocycles. The van der Waals surface area contributed by atoms with Gasteiger partial charge in [0, 0.05) is 24.3 Å². The first-order chi connectivity index (χ1) is 12.6. The smallest absolute Gasteiger partial charge is 0.349 e. The average Bonchev–Trinajstić information content (AvgIpc) is 2.52. The summed E-state index contributed by atoms with van der Waals surface area (Å²) in [5.41, 5.74) is 0.938. The number of rotatable bonds is 4. The van der Waals surface area contributed by atoms with Gasteiger partial charge in [0.1, 0.15) is 11.1 Å². The maximum atomic E-state index is 12.8. The number of piperidine rings is 1. The molecule has 0 unspecified atom stereocenters. The van der Waals surface area contributed by atoms with Crippen molar-refractivity contribution in [1.82, 2.24) is 5.32 Å². The molecule has 5 nitrogen and oxygen atoms in total. The summed E-state index contributed by atoms with van der Waals surface area (Å²) in [7, 11) is 0. The molecule has 0 aliphatic carbocycles. The molecule has 5 heteroatoms. The minimum Gasteiger partial charge on any atom is -0.422 e. The van der Waals surface area contributed by atoms with E-state index in [1.54, 1.807) is 12.1 Å². The van der Waals surface area contributed by atoms with Gasteiger partial charge in [-0.05, 0) is 45.7 Å². The first-order valence-corrected chi connectivity index (χ1v) is 9.45. The molecular weight excluding hydrogens is 340 g/mol. The number of quaternary nitrogens is 1. The molecule has 27 heavy (non-hydrogen) atoms. The third kappa shape index (κ3) is 4.30. The Labute approximate surface area is 159 Å². The zero-order chi connectivity index (χ0) is 19.8. The van der Waals surface area contributed by atoms with Crippen LogP contribution in [0.2, 0.25) is 0 Å². The second-order valence-corrected chi connectivity index (χ2v) is 8.98. The summed E-state index contributed by atoms with van der Waals surface area (Å²) in [4.78, 5) is 25.3. The summed E-state index contributed by atoms with van der Waals surface area (Å²) in [6, 6.07) is 7.30. The van der Waals surface area contributed by atoms with E-state index >= 15 is 0 Å². The molecule has 1 saturated heterocycles. The second-order valence-electron chi connectivity index (χ2n) is 8.98. The van der Waals surface area contributed by atoms with E-state index in [-0.39, 0.29) is 28.6 Å². The van der Waals surface area contributed by atoms with Gasteiger partial charge in [-0.15, -0.1) is 6.58 Å². The summed E-state index contributed by atoms with van der Waals surface area (Å²) in [6.45, 7) is 12.4. The lowest BCUT2D eigenvalue weighted by Crippen LogP contribution is -3.06. The summed E-state index contributed by atoms with van der Waals surface area (Å²) in [5.74, 6) is -0.363. The van der Waals surface area contributed by atoms with Crippen LogP contribution in [0.3, 0.4) is 0 Å². The van der Waals surface area contributed by atoms with Gasteiger partial charge in [-0.25, -0.2) is 4.79 Å². The minimum absolute atomic E-state index is 0.0229. The van der Waals surface area contributed by atoms with Crippen molar-refractivity contribution in [3.05, 3.63) is 58.5 Å². The van der Waals surface area contributed by atoms with Crippen LogP contribution in [0.1, 0.15) is 56.5 Å². The standard InChI is InChI=1S/C22H28N2O3/c1-6-8-14-9-7-10-15-11-17(20(26)27-18(14)15)19(25)23-16-12-21(2,3)24-22(4,5)13-16/h6-7,9-11,16,24H,1,8,12-13H2,2-5H3,(H,23,25)/p+1. The van der Waals surface area contributed by atoms with E-state index in [1.165, 1.54) is 0 Å². The van der Waals surface area contributed by atoms with Gasteiger partial charge in [-0.3, -0.25) is 4.79 Å². The normalized spacial score (nSPS) is 19.0. The molecule has 1 fully saturated rings. The zero-order valence-corrected chi connectivity index (χ0v) is 16.6. The number of benzene rings is 1. The quantitative estimate of drug-likeness (QED) is 0.642. The molecule has 2 aromatic rings. The highest BCUT2D eigenvalue weighted by molar-refractivity contribution is 5.97. The Kier molecular flexibility index (Phi) is 5.00. The van der Waals surface area contributed by atoms with Crippen LogP contribution in [0.15, 0.2) is 46.1 Å². The number of amides is 1. The largest absolute Gasteiger partial charge is 0.422 e. The van der Waals surface area contributed by atoms with Crippen molar-refractivity contribution in [2.75, 3.05) is 0 Å². The van der Waals surface area contributed by atoms with E-state index in [0.29, 0.717) is 12.0 Å². The van der Waals surface area contributed by atoms with E-state index in [1.807, 2.05) is 18.2 Å². The van der Waals surface area contributed by atoms with E-state index in [9.17, 15) is 9.59 Å². The molecule has 3 N–H and O–H groups in total. The molecule has 1 aliphatic rings. The Morgan fingerprint density at radius 2 is 1.96 bits per heavy atom. The van der Waals surface area contributed by atoms with Crippen molar-refractivity contribution in [2.24, 2.45) is 0 Å². The first-order valence-electron chi connectivity index (χ1n) is 9.45. The molecule has 1 aliphatic heterocycles. The monoisotopic (exact) mass is 369 g/mol. The molecule has 0 radical (unpaired) electrons. The Hall–Kier alpha value is -2.40. The Morgan fingerprint density at radius 1 is 1.30 bits per heavy atom. The molecule has 144 valence electrons. The molecule has 0 saturated carbocycles. The summed E-state index contributed by atoms with van der Waals surface area (Å²) in [5, 5.41) is 6.16. The molecule has 2 heterocycles. The van der Waals surface area contributed by atoms with Gasteiger partial charge in [0.15, 0.2) is 0 Å². The number of hydrogen-bond acceptors (Lipinski definition) is 3. The Morgan fingerprint density at radius 3 is 2.59 bits per heavy atom. The highest BCUT2D eigenvalue weighted by Crippen LogP contribution is 2.23. The number of fused-ring (bicyclic) bond motifs is 1. The lowest BCUT2D eigenvalue weighted by atomic mass is 9.79. The van der Waals surface area contributed by atoms with Gasteiger partial charge in [0.25, 0.3) is 5.91 Å². The maximum absolute atomic E-state index is 12.8. The number of nitrogens with one attached hydrogen (secondary N) is 1. The van der Waals surface area contributed by atoms with Crippen molar-refractivity contribution >= 4 is 16.9 Å². The lowest BCUT2D eigenvalue weighted by molar-refractivity contribution is -0.787. The highest BCUT2D eigenvalue weighted by atomic mass is 16.4. The van der Waals surface area contributed by atoms with E-state index in [0.717, 1.165) is 23.8 Å². The summed E-state index contributed by atoms with van der Waals surface area (Å²) >= 11 is 0. The number of allylic oxidation sites excluding steroid dienone is 1. The molecule has 0 spiro atoms. The lowest BCUT2D eigenvalue weighted by Gasteiger charge is -2.43. The van der Waals surface area contributed by atoms with Crippen LogP contribution in [-0.2, 0) is 6.42 Å². The van der Waals surface area contributed by atoms with Gasteiger partial charge in [-0.1, -0.05) is 24.3 Å². The fraction of sp³-hybridized carbons (Fsp3) is 0.455. The van der Waals surface area contributed by atoms with Gasteiger partial charge in [-0.2, -0.15) is 0 Å². The molecule has 0 bridgehead atoms. The Bertz CT molecular complexity index is 924. The number of nitrogens with two attached hydrogens (primary N) is 1. The fourth-order valence-corrected chi connectivity index (χ4v) is 4.56. The number of carbonyl (C=O) groups excluding carboxylic acids is 1. The van der Waals surface area contributed by atoms with Crippen molar-refractivity contribution in [2.45, 2.75) is 64.1 Å². The topological polar surface area (TPSA) is 75.9 Å². The van der Waals surface area contributed by atoms with Crippen molar-refractivity contribution in [3.8, 4) is 0 Å². The van der Waals surface area contributed by atoms with Crippen LogP contribution >= 0.6 is 0 Å². The number of hydrogen-bond donors (Lipinski definition) is 2. The van der Waals surface area contributed by atoms with Crippen LogP contribution in [0.4, 0.5) is 0 Å². The average molecular weight is 369 g/mol. The summed E-state index contributed by atoms with van der Waals surface area (Å²) < 4.78 is 5.50. The van der Waals surface area contributed by atoms with Gasteiger partial charge in [0.05, 0.1) is 11.1 Å². The molecule has 0 atom stereocenters. The molecule has 3 rings (SSSR count). The first kappa shape index (κ1) is 19.4. The Balaban J connectivity index is 1.89. The predicted molar refractivity (Wildman–Crippen MR) is 107 cm³/mol. The molecule has 1 aromatic heterocycles. The molecule has 1 amide bonds. The van der Waals surface area contributed by atoms with Crippen LogP contribution in [0.25, 0.3) is 11.0 Å². The third-order valence-corrected chi connectivity index (χ3v) is 5.11. The second kappa shape index (κ2) is 6.97. The zero-order valence-electron chi connectivity index (χ0n) is 16.6. The van der Waals surface area contributed by atoms with Crippen LogP contribution < -0.4 is 16.3 Å². The number of para-hydroxylation sites is 1. The highest BCUT2D eigenvalue weighted by Gasteiger charge is 2.42. The van der Waals surface area contributed by atoms with E-state index in [2.05, 4.69) is 44.9 Å². The van der Waals surface area contributed by atoms with Crippen LogP contribution in [0.5, 0.6) is 0 Å². The van der Waals surface area contributed by atoms with Gasteiger partial charge in [0.2, 0.25) is 0 Å².